The molecule has 0 radical (unpaired) electrons. The van der Waals surface area contributed by atoms with Gasteiger partial charge in [0.15, 0.2) is 0 Å². The van der Waals surface area contributed by atoms with Gasteiger partial charge in [-0.3, -0.25) is 19.1 Å². The van der Waals surface area contributed by atoms with Gasteiger partial charge in [-0.15, -0.1) is 0 Å². The Balaban J connectivity index is 2.39. The standard InChI is InChI=1S/C16H18N2O2/c1-11(19)17-10-6-5-8-14-13-7-3-4-9-15(13)18(12(2)20)16(14)17/h3-4,7,9H,5-6,8,10H2,1-2H3. The monoisotopic (exact) mass is 270 g/mol. The van der Waals surface area contributed by atoms with E-state index < -0.39 is 0 Å². The second-order valence-corrected chi connectivity index (χ2v) is 5.30. The largest absolute Gasteiger partial charge is 0.298 e. The van der Waals surface area contributed by atoms with Crippen molar-refractivity contribution in [1.29, 1.82) is 0 Å². The van der Waals surface area contributed by atoms with Gasteiger partial charge in [-0.1, -0.05) is 18.2 Å². The molecule has 0 aliphatic carbocycles. The van der Waals surface area contributed by atoms with Crippen molar-refractivity contribution >= 4 is 28.5 Å². The van der Waals surface area contributed by atoms with Gasteiger partial charge in [0.05, 0.1) is 5.52 Å². The lowest BCUT2D eigenvalue weighted by Gasteiger charge is -2.21. The summed E-state index contributed by atoms with van der Waals surface area (Å²) >= 11 is 0. The number of para-hydroxylation sites is 1. The van der Waals surface area contributed by atoms with E-state index in [1.165, 1.54) is 0 Å². The van der Waals surface area contributed by atoms with Crippen molar-refractivity contribution in [2.45, 2.75) is 33.1 Å². The maximum absolute atomic E-state index is 12.1. The minimum absolute atomic E-state index is 0.00143. The van der Waals surface area contributed by atoms with Gasteiger partial charge < -0.3 is 0 Å². The topological polar surface area (TPSA) is 42.3 Å². The summed E-state index contributed by atoms with van der Waals surface area (Å²) in [6.07, 6.45) is 2.93. The average Bonchev–Trinajstić information content (AvgIpc) is 2.58. The lowest BCUT2D eigenvalue weighted by atomic mass is 10.1. The van der Waals surface area contributed by atoms with E-state index in [2.05, 4.69) is 0 Å². The first kappa shape index (κ1) is 12.9. The molecule has 4 heteroatoms. The first-order valence-corrected chi connectivity index (χ1v) is 7.02. The number of carbonyl (C=O) groups is 2. The van der Waals surface area contributed by atoms with E-state index in [0.717, 1.165) is 41.5 Å². The molecule has 1 aromatic carbocycles. The molecule has 0 saturated carbocycles. The summed E-state index contributed by atoms with van der Waals surface area (Å²) in [6.45, 7) is 3.80. The SMILES string of the molecule is CC(=O)N1CCCCc2c1n(C(C)=O)c1ccccc21. The number of rotatable bonds is 0. The Morgan fingerprint density at radius 3 is 2.50 bits per heavy atom. The summed E-state index contributed by atoms with van der Waals surface area (Å²) in [5.74, 6) is 0.734. The lowest BCUT2D eigenvalue weighted by Crippen LogP contribution is -2.32. The number of hydrogen-bond donors (Lipinski definition) is 0. The third kappa shape index (κ3) is 1.83. The number of nitrogens with zero attached hydrogens (tertiary/aromatic N) is 2. The minimum atomic E-state index is -0.0457. The van der Waals surface area contributed by atoms with Crippen LogP contribution < -0.4 is 4.90 Å². The van der Waals surface area contributed by atoms with Crippen LogP contribution >= 0.6 is 0 Å². The van der Waals surface area contributed by atoms with E-state index in [1.54, 1.807) is 23.3 Å². The Hall–Kier alpha value is -2.10. The fourth-order valence-electron chi connectivity index (χ4n) is 3.13. The fraction of sp³-hybridized carbons (Fsp3) is 0.375. The van der Waals surface area contributed by atoms with Crippen LogP contribution in [0.3, 0.4) is 0 Å². The molecule has 0 saturated heterocycles. The molecule has 0 fully saturated rings. The molecule has 20 heavy (non-hydrogen) atoms. The molecule has 0 N–H and O–H groups in total. The number of aromatic nitrogens is 1. The van der Waals surface area contributed by atoms with Crippen LogP contribution in [0, 0.1) is 0 Å². The molecule has 0 spiro atoms. The van der Waals surface area contributed by atoms with Crippen LogP contribution in [-0.2, 0) is 11.2 Å². The van der Waals surface area contributed by atoms with E-state index in [9.17, 15) is 9.59 Å². The minimum Gasteiger partial charge on any atom is -0.298 e. The van der Waals surface area contributed by atoms with E-state index in [4.69, 9.17) is 0 Å². The number of aryl methyl sites for hydroxylation is 1. The van der Waals surface area contributed by atoms with Crippen LogP contribution in [0.1, 0.15) is 37.0 Å². The molecule has 4 nitrogen and oxygen atoms in total. The molecule has 0 unspecified atom stereocenters. The van der Waals surface area contributed by atoms with Crippen LogP contribution in [0.25, 0.3) is 10.9 Å². The van der Waals surface area contributed by atoms with Gasteiger partial charge in [0, 0.05) is 31.3 Å². The highest BCUT2D eigenvalue weighted by atomic mass is 16.2. The van der Waals surface area contributed by atoms with Crippen molar-refractivity contribution < 1.29 is 9.59 Å². The Labute approximate surface area is 118 Å². The van der Waals surface area contributed by atoms with Crippen LogP contribution in [0.4, 0.5) is 5.82 Å². The number of carbonyl (C=O) groups excluding carboxylic acids is 2. The molecule has 1 aromatic heterocycles. The Morgan fingerprint density at radius 2 is 1.80 bits per heavy atom. The number of fused-ring (bicyclic) bond motifs is 3. The first-order valence-electron chi connectivity index (χ1n) is 7.02. The zero-order chi connectivity index (χ0) is 14.3. The predicted molar refractivity (Wildman–Crippen MR) is 79.2 cm³/mol. The zero-order valence-electron chi connectivity index (χ0n) is 11.8. The third-order valence-electron chi connectivity index (χ3n) is 3.96. The van der Waals surface area contributed by atoms with Crippen molar-refractivity contribution in [1.82, 2.24) is 4.57 Å². The smallest absolute Gasteiger partial charge is 0.229 e. The third-order valence-corrected chi connectivity index (χ3v) is 3.96. The molecule has 3 rings (SSSR count). The van der Waals surface area contributed by atoms with E-state index in [1.807, 2.05) is 24.3 Å². The maximum Gasteiger partial charge on any atom is 0.229 e. The van der Waals surface area contributed by atoms with E-state index >= 15 is 0 Å². The van der Waals surface area contributed by atoms with E-state index in [-0.39, 0.29) is 11.8 Å². The fourth-order valence-corrected chi connectivity index (χ4v) is 3.13. The highest BCUT2D eigenvalue weighted by molar-refractivity contribution is 6.04. The molecule has 0 bridgehead atoms. The molecule has 1 aliphatic rings. The Bertz CT molecular complexity index is 700. The van der Waals surface area contributed by atoms with E-state index in [0.29, 0.717) is 6.54 Å². The number of anilines is 1. The van der Waals surface area contributed by atoms with Gasteiger partial charge in [0.25, 0.3) is 0 Å². The van der Waals surface area contributed by atoms with Gasteiger partial charge in [0.1, 0.15) is 5.82 Å². The highest BCUT2D eigenvalue weighted by Gasteiger charge is 2.27. The quantitative estimate of drug-likeness (QED) is 0.738. The van der Waals surface area contributed by atoms with Crippen LogP contribution in [0.5, 0.6) is 0 Å². The molecular formula is C16H18N2O2. The summed E-state index contributed by atoms with van der Waals surface area (Å²) in [5, 5.41) is 1.09. The molecule has 2 aromatic rings. The maximum atomic E-state index is 12.1. The summed E-state index contributed by atoms with van der Waals surface area (Å²) in [7, 11) is 0. The average molecular weight is 270 g/mol. The van der Waals surface area contributed by atoms with Crippen LogP contribution in [0.2, 0.25) is 0 Å². The van der Waals surface area contributed by atoms with Crippen LogP contribution in [-0.4, -0.2) is 22.9 Å². The van der Waals surface area contributed by atoms with Gasteiger partial charge >= 0.3 is 0 Å². The zero-order valence-corrected chi connectivity index (χ0v) is 11.8. The predicted octanol–water partition coefficient (Wildman–Crippen LogP) is 2.99. The normalized spacial score (nSPS) is 15.0. The molecule has 104 valence electrons. The van der Waals surface area contributed by atoms with Gasteiger partial charge in [-0.2, -0.15) is 0 Å². The Morgan fingerprint density at radius 1 is 1.05 bits per heavy atom. The van der Waals surface area contributed by atoms with Gasteiger partial charge in [-0.25, -0.2) is 0 Å². The number of amides is 1. The lowest BCUT2D eigenvalue weighted by molar-refractivity contribution is -0.116. The van der Waals surface area contributed by atoms with Crippen molar-refractivity contribution in [2.24, 2.45) is 0 Å². The highest BCUT2D eigenvalue weighted by Crippen LogP contribution is 2.36. The molecule has 0 atom stereocenters. The van der Waals surface area contributed by atoms with Crippen molar-refractivity contribution in [3.05, 3.63) is 29.8 Å². The first-order chi connectivity index (χ1) is 9.61. The number of benzene rings is 1. The molecule has 1 aliphatic heterocycles. The van der Waals surface area contributed by atoms with Crippen LogP contribution in [0.15, 0.2) is 24.3 Å². The van der Waals surface area contributed by atoms with Gasteiger partial charge in [0.2, 0.25) is 11.8 Å². The second-order valence-electron chi connectivity index (χ2n) is 5.30. The number of hydrogen-bond acceptors (Lipinski definition) is 2. The van der Waals surface area contributed by atoms with Gasteiger partial charge in [-0.05, 0) is 25.3 Å². The summed E-state index contributed by atoms with van der Waals surface area (Å²) < 4.78 is 1.69. The van der Waals surface area contributed by atoms with Crippen molar-refractivity contribution in [3.63, 3.8) is 0 Å². The molecular weight excluding hydrogens is 252 g/mol. The summed E-state index contributed by atoms with van der Waals surface area (Å²) in [6, 6.07) is 7.90. The van der Waals surface area contributed by atoms with Crippen molar-refractivity contribution in [3.8, 4) is 0 Å². The molecule has 1 amide bonds. The van der Waals surface area contributed by atoms with Crippen molar-refractivity contribution in [2.75, 3.05) is 11.4 Å². The summed E-state index contributed by atoms with van der Waals surface area (Å²) in [5.41, 5.74) is 2.03. The Kier molecular flexibility index (Phi) is 3.08. The second kappa shape index (κ2) is 4.78. The molecule has 2 heterocycles. The summed E-state index contributed by atoms with van der Waals surface area (Å²) in [4.78, 5) is 25.8.